The van der Waals surface area contributed by atoms with E-state index in [1.807, 2.05) is 24.3 Å². The summed E-state index contributed by atoms with van der Waals surface area (Å²) >= 11 is 1.40. The average Bonchev–Trinajstić information content (AvgIpc) is 2.38. The number of benzene rings is 2. The molecule has 92 valence electrons. The van der Waals surface area contributed by atoms with Gasteiger partial charge in [-0.1, -0.05) is 30.8 Å². The highest BCUT2D eigenvalue weighted by atomic mass is 32.2. The van der Waals surface area contributed by atoms with Gasteiger partial charge >= 0.3 is 5.97 Å². The topological polar surface area (TPSA) is 57.5 Å². The molecule has 2 aromatic carbocycles. The first-order valence-corrected chi connectivity index (χ1v) is 6.32. The molecule has 0 unspecified atom stereocenters. The minimum absolute atomic E-state index is 0.164. The highest BCUT2D eigenvalue weighted by Crippen LogP contribution is 2.33. The second-order valence-corrected chi connectivity index (χ2v) is 4.84. The molecule has 0 heterocycles. The van der Waals surface area contributed by atoms with Crippen LogP contribution < -0.4 is 0 Å². The van der Waals surface area contributed by atoms with Crippen LogP contribution in [0.2, 0.25) is 0 Å². The fourth-order valence-electron chi connectivity index (χ4n) is 1.61. The summed E-state index contributed by atoms with van der Waals surface area (Å²) in [5, 5.41) is 20.2. The van der Waals surface area contributed by atoms with Crippen LogP contribution in [0.4, 0.5) is 0 Å². The number of hydrogen-bond donors (Lipinski definition) is 2. The number of aromatic hydroxyl groups is 1. The fraction of sp³-hybridized carbons (Fsp3) is 0.0714. The first-order chi connectivity index (χ1) is 8.59. The van der Waals surface area contributed by atoms with E-state index in [1.54, 1.807) is 12.1 Å². The zero-order valence-corrected chi connectivity index (χ0v) is 10.4. The predicted octanol–water partition coefficient (Wildman–Crippen LogP) is 3.28. The van der Waals surface area contributed by atoms with E-state index in [9.17, 15) is 9.90 Å². The van der Waals surface area contributed by atoms with Crippen LogP contribution in [-0.2, 0) is 4.79 Å². The largest absolute Gasteiger partial charge is 0.507 e. The first kappa shape index (κ1) is 12.5. The van der Waals surface area contributed by atoms with Gasteiger partial charge in [0.15, 0.2) is 0 Å². The monoisotopic (exact) mass is 260 g/mol. The van der Waals surface area contributed by atoms with Crippen molar-refractivity contribution in [2.24, 2.45) is 0 Å². The number of rotatable bonds is 4. The summed E-state index contributed by atoms with van der Waals surface area (Å²) in [4.78, 5) is 11.6. The molecule has 0 saturated carbocycles. The lowest BCUT2D eigenvalue weighted by Gasteiger charge is -2.07. The first-order valence-electron chi connectivity index (χ1n) is 5.34. The van der Waals surface area contributed by atoms with Crippen molar-refractivity contribution in [3.63, 3.8) is 0 Å². The molecule has 0 radical (unpaired) electrons. The predicted molar refractivity (Wildman–Crippen MR) is 73.1 cm³/mol. The summed E-state index contributed by atoms with van der Waals surface area (Å²) in [5.74, 6) is -0.429. The number of phenols is 1. The summed E-state index contributed by atoms with van der Waals surface area (Å²) < 4.78 is 0. The number of thioether (sulfide) groups is 1. The van der Waals surface area contributed by atoms with Gasteiger partial charge in [-0.15, -0.1) is 11.8 Å². The molecular formula is C14H12O3S. The van der Waals surface area contributed by atoms with E-state index >= 15 is 0 Å². The van der Waals surface area contributed by atoms with Crippen molar-refractivity contribution in [1.82, 2.24) is 0 Å². The van der Waals surface area contributed by atoms with E-state index in [1.165, 1.54) is 11.8 Å². The maximum atomic E-state index is 10.7. The van der Waals surface area contributed by atoms with Gasteiger partial charge in [-0.2, -0.15) is 0 Å². The van der Waals surface area contributed by atoms with Crippen molar-refractivity contribution in [2.75, 3.05) is 5.75 Å². The molecule has 0 amide bonds. The number of hydrogen-bond acceptors (Lipinski definition) is 3. The molecule has 0 spiro atoms. The quantitative estimate of drug-likeness (QED) is 0.654. The van der Waals surface area contributed by atoms with Crippen LogP contribution in [0.5, 0.6) is 5.75 Å². The van der Waals surface area contributed by atoms with Crippen molar-refractivity contribution in [3.8, 4) is 5.75 Å². The second-order valence-electron chi connectivity index (χ2n) is 3.83. The van der Waals surface area contributed by atoms with Crippen LogP contribution in [0, 0.1) is 0 Å². The zero-order chi connectivity index (χ0) is 13.1. The summed E-state index contributed by atoms with van der Waals surface area (Å²) in [7, 11) is 0. The molecule has 2 rings (SSSR count). The lowest BCUT2D eigenvalue weighted by molar-refractivity contribution is -0.132. The maximum Gasteiger partial charge on any atom is 0.331 e. The third kappa shape index (κ3) is 2.49. The van der Waals surface area contributed by atoms with Crippen molar-refractivity contribution < 1.29 is 15.0 Å². The van der Waals surface area contributed by atoms with Crippen LogP contribution in [0.1, 0.15) is 0 Å². The smallest absolute Gasteiger partial charge is 0.331 e. The van der Waals surface area contributed by atoms with E-state index in [2.05, 4.69) is 6.58 Å². The molecule has 3 nitrogen and oxygen atoms in total. The summed E-state index contributed by atoms with van der Waals surface area (Å²) in [5.41, 5.74) is 0.164. The number of carboxylic acids is 1. The van der Waals surface area contributed by atoms with Crippen molar-refractivity contribution in [3.05, 3.63) is 48.6 Å². The Labute approximate surface area is 109 Å². The molecule has 0 aliphatic rings. The van der Waals surface area contributed by atoms with Crippen LogP contribution in [0.25, 0.3) is 10.8 Å². The number of aliphatic carboxylic acids is 1. The Morgan fingerprint density at radius 2 is 1.83 bits per heavy atom. The van der Waals surface area contributed by atoms with Crippen molar-refractivity contribution in [1.29, 1.82) is 0 Å². The second kappa shape index (κ2) is 5.14. The number of phenolic OH excluding ortho intramolecular Hbond substituents is 1. The molecule has 0 aromatic heterocycles. The summed E-state index contributed by atoms with van der Waals surface area (Å²) in [6.07, 6.45) is 0. The van der Waals surface area contributed by atoms with E-state index in [4.69, 9.17) is 5.11 Å². The Kier molecular flexibility index (Phi) is 3.58. The normalized spacial score (nSPS) is 10.4. The molecule has 0 bridgehead atoms. The van der Waals surface area contributed by atoms with Gasteiger partial charge in [0.1, 0.15) is 5.75 Å². The van der Waals surface area contributed by atoms with Gasteiger partial charge in [-0.3, -0.25) is 0 Å². The number of carbonyl (C=O) groups is 1. The Morgan fingerprint density at radius 1 is 1.17 bits per heavy atom. The van der Waals surface area contributed by atoms with Gasteiger partial charge in [-0.05, 0) is 17.5 Å². The lowest BCUT2D eigenvalue weighted by atomic mass is 10.1. The van der Waals surface area contributed by atoms with Crippen LogP contribution in [0.3, 0.4) is 0 Å². The minimum Gasteiger partial charge on any atom is -0.507 e. The lowest BCUT2D eigenvalue weighted by Crippen LogP contribution is -2.00. The highest BCUT2D eigenvalue weighted by Gasteiger charge is 2.08. The van der Waals surface area contributed by atoms with Crippen LogP contribution in [0.15, 0.2) is 53.4 Å². The van der Waals surface area contributed by atoms with Gasteiger partial charge in [0.05, 0.1) is 0 Å². The minimum atomic E-state index is -0.981. The molecule has 4 heteroatoms. The molecule has 0 aliphatic carbocycles. The maximum absolute atomic E-state index is 10.7. The molecular weight excluding hydrogens is 248 g/mol. The van der Waals surface area contributed by atoms with E-state index < -0.39 is 5.97 Å². The molecule has 2 N–H and O–H groups in total. The Morgan fingerprint density at radius 3 is 2.50 bits per heavy atom. The van der Waals surface area contributed by atoms with Crippen LogP contribution in [-0.4, -0.2) is 21.9 Å². The van der Waals surface area contributed by atoms with Crippen molar-refractivity contribution in [2.45, 2.75) is 4.90 Å². The molecule has 0 saturated heterocycles. The average molecular weight is 260 g/mol. The van der Waals surface area contributed by atoms with Crippen LogP contribution >= 0.6 is 11.8 Å². The van der Waals surface area contributed by atoms with Gasteiger partial charge < -0.3 is 10.2 Å². The highest BCUT2D eigenvalue weighted by molar-refractivity contribution is 7.99. The molecule has 18 heavy (non-hydrogen) atoms. The number of carboxylic acid groups (broad SMARTS) is 1. The summed E-state index contributed by atoms with van der Waals surface area (Å²) in [6, 6.07) is 10.9. The zero-order valence-electron chi connectivity index (χ0n) is 9.59. The molecule has 0 aliphatic heterocycles. The van der Waals surface area contributed by atoms with E-state index in [-0.39, 0.29) is 11.3 Å². The van der Waals surface area contributed by atoms with Crippen molar-refractivity contribution >= 4 is 28.5 Å². The Hall–Kier alpha value is -1.94. The molecule has 0 atom stereocenters. The van der Waals surface area contributed by atoms with E-state index in [0.717, 1.165) is 15.7 Å². The number of fused-ring (bicyclic) bond motifs is 1. The Balaban J connectivity index is 2.32. The van der Waals surface area contributed by atoms with Gasteiger partial charge in [0, 0.05) is 21.6 Å². The Bertz CT molecular complexity index is 619. The molecule has 0 fully saturated rings. The third-order valence-corrected chi connectivity index (χ3v) is 3.73. The SMILES string of the molecule is C=C(CSc1ccc(O)c2ccccc12)C(=O)O. The molecule has 2 aromatic rings. The van der Waals surface area contributed by atoms with Gasteiger partial charge in [0.2, 0.25) is 0 Å². The standard InChI is InChI=1S/C14H12O3S/c1-9(14(16)17)8-18-13-7-6-12(15)10-4-2-3-5-11(10)13/h2-7,15H,1,8H2,(H,16,17). The fourth-order valence-corrected chi connectivity index (χ4v) is 2.56. The summed E-state index contributed by atoms with van der Waals surface area (Å²) in [6.45, 7) is 3.50. The van der Waals surface area contributed by atoms with Gasteiger partial charge in [-0.25, -0.2) is 4.79 Å². The van der Waals surface area contributed by atoms with Gasteiger partial charge in [0.25, 0.3) is 0 Å². The van der Waals surface area contributed by atoms with E-state index in [0.29, 0.717) is 5.75 Å². The third-order valence-electron chi connectivity index (χ3n) is 2.57.